The molecule has 0 saturated carbocycles. The molecule has 1 N–H and O–H groups in total. The largest absolute Gasteiger partial charge is 0.302 e. The summed E-state index contributed by atoms with van der Waals surface area (Å²) in [5.74, 6) is 0. The van der Waals surface area contributed by atoms with Crippen LogP contribution in [0.1, 0.15) is 22.7 Å². The maximum absolute atomic E-state index is 3.61. The molecule has 0 amide bonds. The van der Waals surface area contributed by atoms with E-state index in [1.54, 1.807) is 0 Å². The van der Waals surface area contributed by atoms with Crippen LogP contribution in [0, 0.1) is 0 Å². The summed E-state index contributed by atoms with van der Waals surface area (Å²) in [5, 5.41) is 3.55. The lowest BCUT2D eigenvalue weighted by Crippen LogP contribution is -2.12. The van der Waals surface area contributed by atoms with Gasteiger partial charge in [0, 0.05) is 11.0 Å². The van der Waals surface area contributed by atoms with Gasteiger partial charge in [0.1, 0.15) is 0 Å². The molecule has 0 saturated heterocycles. The lowest BCUT2D eigenvalue weighted by molar-refractivity contribution is 0.667. The molecule has 3 rings (SSSR count). The van der Waals surface area contributed by atoms with Crippen LogP contribution in [0.25, 0.3) is 0 Å². The number of benzene rings is 2. The molecule has 0 aliphatic carbocycles. The number of hydrogen-bond donors (Lipinski definition) is 1. The topological polar surface area (TPSA) is 12.0 Å². The third-order valence-corrected chi connectivity index (χ3v) is 3.82. The van der Waals surface area contributed by atoms with E-state index < -0.39 is 0 Å². The van der Waals surface area contributed by atoms with E-state index in [1.807, 2.05) is 0 Å². The molecule has 1 atom stereocenters. The molecule has 2 aromatic carbocycles. The van der Waals surface area contributed by atoms with Crippen LogP contribution >= 0.6 is 15.9 Å². The molecule has 0 bridgehead atoms. The maximum Gasteiger partial charge on any atom is 0.0582 e. The van der Waals surface area contributed by atoms with E-state index in [9.17, 15) is 0 Å². The highest BCUT2D eigenvalue weighted by Gasteiger charge is 2.24. The Balaban J connectivity index is 2.07. The first-order valence-electron chi connectivity index (χ1n) is 5.42. The van der Waals surface area contributed by atoms with Crippen molar-refractivity contribution < 1.29 is 0 Å². The Kier molecular flexibility index (Phi) is 2.54. The smallest absolute Gasteiger partial charge is 0.0582 e. The first kappa shape index (κ1) is 10.1. The van der Waals surface area contributed by atoms with Crippen LogP contribution in [0.4, 0.5) is 0 Å². The lowest BCUT2D eigenvalue weighted by atomic mass is 9.99. The Labute approximate surface area is 104 Å². The number of hydrogen-bond acceptors (Lipinski definition) is 1. The van der Waals surface area contributed by atoms with Crippen LogP contribution < -0.4 is 5.32 Å². The van der Waals surface area contributed by atoms with E-state index in [-0.39, 0.29) is 0 Å². The Hall–Kier alpha value is -1.12. The Morgan fingerprint density at radius 2 is 1.81 bits per heavy atom. The minimum atomic E-state index is 0.341. The van der Waals surface area contributed by atoms with Gasteiger partial charge in [-0.1, -0.05) is 58.4 Å². The van der Waals surface area contributed by atoms with Crippen molar-refractivity contribution in [2.24, 2.45) is 0 Å². The zero-order valence-corrected chi connectivity index (χ0v) is 10.4. The third kappa shape index (κ3) is 1.58. The van der Waals surface area contributed by atoms with Crippen molar-refractivity contribution >= 4 is 15.9 Å². The molecule has 0 fully saturated rings. The molecule has 1 unspecified atom stereocenters. The van der Waals surface area contributed by atoms with E-state index in [2.05, 4.69) is 69.8 Å². The standard InChI is InChI=1S/C14H12BrN/c15-13-8-4-7-11-12(13)9-16-14(11)10-5-2-1-3-6-10/h1-8,14,16H,9H2. The van der Waals surface area contributed by atoms with Gasteiger partial charge >= 0.3 is 0 Å². The van der Waals surface area contributed by atoms with Crippen molar-refractivity contribution in [3.63, 3.8) is 0 Å². The van der Waals surface area contributed by atoms with Gasteiger partial charge in [-0.15, -0.1) is 0 Å². The first-order valence-corrected chi connectivity index (χ1v) is 6.21. The molecule has 1 heterocycles. The molecule has 0 aromatic heterocycles. The molecule has 2 heteroatoms. The van der Waals surface area contributed by atoms with E-state index in [4.69, 9.17) is 0 Å². The molecule has 0 radical (unpaired) electrons. The summed E-state index contributed by atoms with van der Waals surface area (Å²) in [7, 11) is 0. The number of fused-ring (bicyclic) bond motifs is 1. The molecule has 1 nitrogen and oxygen atoms in total. The Morgan fingerprint density at radius 3 is 2.62 bits per heavy atom. The van der Waals surface area contributed by atoms with E-state index in [1.165, 1.54) is 21.2 Å². The zero-order valence-electron chi connectivity index (χ0n) is 8.78. The quantitative estimate of drug-likeness (QED) is 0.837. The number of halogens is 1. The second kappa shape index (κ2) is 4.04. The highest BCUT2D eigenvalue weighted by molar-refractivity contribution is 9.10. The second-order valence-corrected chi connectivity index (χ2v) is 4.89. The fourth-order valence-electron chi connectivity index (χ4n) is 2.29. The predicted octanol–water partition coefficient (Wildman–Crippen LogP) is 3.64. The normalized spacial score (nSPS) is 18.4. The summed E-state index contributed by atoms with van der Waals surface area (Å²) < 4.78 is 1.20. The van der Waals surface area contributed by atoms with Crippen molar-refractivity contribution in [2.45, 2.75) is 12.6 Å². The zero-order chi connectivity index (χ0) is 11.0. The fraction of sp³-hybridized carbons (Fsp3) is 0.143. The summed E-state index contributed by atoms with van der Waals surface area (Å²) in [6.45, 7) is 0.941. The van der Waals surface area contributed by atoms with Crippen LogP contribution in [-0.2, 0) is 6.54 Å². The average molecular weight is 274 g/mol. The molecule has 1 aliphatic rings. The van der Waals surface area contributed by atoms with Crippen molar-refractivity contribution in [2.75, 3.05) is 0 Å². The summed E-state index contributed by atoms with van der Waals surface area (Å²) in [5.41, 5.74) is 4.11. The van der Waals surface area contributed by atoms with Gasteiger partial charge in [0.05, 0.1) is 6.04 Å². The van der Waals surface area contributed by atoms with Gasteiger partial charge in [0.15, 0.2) is 0 Å². The molecular formula is C14H12BrN. The van der Waals surface area contributed by atoms with Crippen molar-refractivity contribution in [1.29, 1.82) is 0 Å². The van der Waals surface area contributed by atoms with Crippen molar-refractivity contribution in [3.8, 4) is 0 Å². The minimum Gasteiger partial charge on any atom is -0.302 e. The van der Waals surface area contributed by atoms with Gasteiger partial charge in [0.25, 0.3) is 0 Å². The average Bonchev–Trinajstić information content (AvgIpc) is 2.75. The molecular weight excluding hydrogens is 262 g/mol. The van der Waals surface area contributed by atoms with Gasteiger partial charge in [-0.05, 0) is 22.8 Å². The lowest BCUT2D eigenvalue weighted by Gasteiger charge is -2.12. The Bertz CT molecular complexity index is 507. The summed E-state index contributed by atoms with van der Waals surface area (Å²) >= 11 is 3.61. The molecule has 80 valence electrons. The SMILES string of the molecule is Brc1cccc2c1CNC2c1ccccc1. The molecule has 16 heavy (non-hydrogen) atoms. The van der Waals surface area contributed by atoms with E-state index >= 15 is 0 Å². The first-order chi connectivity index (χ1) is 7.86. The van der Waals surface area contributed by atoms with Gasteiger partial charge in [0.2, 0.25) is 0 Å². The van der Waals surface area contributed by atoms with E-state index in [0.717, 1.165) is 6.54 Å². The van der Waals surface area contributed by atoms with Gasteiger partial charge in [-0.25, -0.2) is 0 Å². The minimum absolute atomic E-state index is 0.341. The fourth-order valence-corrected chi connectivity index (χ4v) is 2.81. The van der Waals surface area contributed by atoms with Gasteiger partial charge in [-0.2, -0.15) is 0 Å². The van der Waals surface area contributed by atoms with Gasteiger partial charge < -0.3 is 5.32 Å². The predicted molar refractivity (Wildman–Crippen MR) is 69.3 cm³/mol. The van der Waals surface area contributed by atoms with Crippen molar-refractivity contribution in [1.82, 2.24) is 5.32 Å². The monoisotopic (exact) mass is 273 g/mol. The highest BCUT2D eigenvalue weighted by atomic mass is 79.9. The van der Waals surface area contributed by atoms with Crippen LogP contribution in [0.5, 0.6) is 0 Å². The summed E-state index contributed by atoms with van der Waals surface area (Å²) in [4.78, 5) is 0. The summed E-state index contributed by atoms with van der Waals surface area (Å²) in [6, 6.07) is 17.3. The molecule has 1 aliphatic heterocycles. The maximum atomic E-state index is 3.61. The van der Waals surface area contributed by atoms with Crippen LogP contribution in [0.15, 0.2) is 53.0 Å². The number of rotatable bonds is 1. The van der Waals surface area contributed by atoms with Crippen LogP contribution in [-0.4, -0.2) is 0 Å². The molecule has 2 aromatic rings. The van der Waals surface area contributed by atoms with Crippen LogP contribution in [0.2, 0.25) is 0 Å². The third-order valence-electron chi connectivity index (χ3n) is 3.08. The summed E-state index contributed by atoms with van der Waals surface area (Å²) in [6.07, 6.45) is 0. The number of nitrogens with one attached hydrogen (secondary N) is 1. The second-order valence-electron chi connectivity index (χ2n) is 4.03. The van der Waals surface area contributed by atoms with Crippen LogP contribution in [0.3, 0.4) is 0 Å². The van der Waals surface area contributed by atoms with Crippen molar-refractivity contribution in [3.05, 3.63) is 69.7 Å². The highest BCUT2D eigenvalue weighted by Crippen LogP contribution is 2.34. The Morgan fingerprint density at radius 1 is 1.00 bits per heavy atom. The molecule has 0 spiro atoms. The van der Waals surface area contributed by atoms with Gasteiger partial charge in [-0.3, -0.25) is 0 Å². The van der Waals surface area contributed by atoms with E-state index in [0.29, 0.717) is 6.04 Å².